The molecule has 2 rings (SSSR count). The first-order chi connectivity index (χ1) is 10.5. The van der Waals surface area contributed by atoms with Crippen molar-refractivity contribution < 1.29 is 4.79 Å². The van der Waals surface area contributed by atoms with E-state index in [-0.39, 0.29) is 11.9 Å². The largest absolute Gasteiger partial charge is 0.353 e. The van der Waals surface area contributed by atoms with Crippen molar-refractivity contribution in [3.63, 3.8) is 0 Å². The van der Waals surface area contributed by atoms with E-state index >= 15 is 0 Å². The molecule has 22 heavy (non-hydrogen) atoms. The zero-order chi connectivity index (χ0) is 16.1. The smallest absolute Gasteiger partial charge is 0.230 e. The molecule has 1 unspecified atom stereocenters. The third-order valence-electron chi connectivity index (χ3n) is 3.61. The molecule has 0 spiro atoms. The molecular formula is C16H22N4OS. The van der Waals surface area contributed by atoms with E-state index in [0.29, 0.717) is 11.7 Å². The summed E-state index contributed by atoms with van der Waals surface area (Å²) < 4.78 is 1.92. The molecule has 1 aromatic carbocycles. The molecule has 1 heterocycles. The van der Waals surface area contributed by atoms with Gasteiger partial charge in [-0.2, -0.15) is 0 Å². The second-order valence-corrected chi connectivity index (χ2v) is 6.60. The molecule has 0 radical (unpaired) electrons. The normalized spacial score (nSPS) is 12.4. The molecule has 1 aromatic heterocycles. The number of aromatic nitrogens is 3. The summed E-state index contributed by atoms with van der Waals surface area (Å²) >= 11 is 1.40. The van der Waals surface area contributed by atoms with Crippen LogP contribution in [0.25, 0.3) is 5.69 Å². The molecule has 0 aliphatic heterocycles. The molecular weight excluding hydrogens is 296 g/mol. The van der Waals surface area contributed by atoms with Crippen molar-refractivity contribution in [2.45, 2.75) is 38.9 Å². The summed E-state index contributed by atoms with van der Waals surface area (Å²) in [6.07, 6.45) is 1.68. The predicted octanol–water partition coefficient (Wildman–Crippen LogP) is 2.83. The van der Waals surface area contributed by atoms with Crippen LogP contribution in [-0.2, 0) is 4.79 Å². The highest BCUT2D eigenvalue weighted by atomic mass is 32.2. The van der Waals surface area contributed by atoms with Gasteiger partial charge in [-0.05, 0) is 31.4 Å². The van der Waals surface area contributed by atoms with Crippen LogP contribution >= 0.6 is 11.8 Å². The van der Waals surface area contributed by atoms with Gasteiger partial charge in [0.25, 0.3) is 0 Å². The van der Waals surface area contributed by atoms with Crippen LogP contribution < -0.4 is 5.32 Å². The maximum absolute atomic E-state index is 12.0. The van der Waals surface area contributed by atoms with Gasteiger partial charge < -0.3 is 5.32 Å². The van der Waals surface area contributed by atoms with Gasteiger partial charge in [0.05, 0.1) is 11.4 Å². The Morgan fingerprint density at radius 2 is 2.05 bits per heavy atom. The van der Waals surface area contributed by atoms with E-state index < -0.39 is 0 Å². The Balaban J connectivity index is 2.02. The second-order valence-electron chi connectivity index (χ2n) is 5.66. The standard InChI is InChI=1S/C16H22N4OS/c1-11(2)13(4)18-15(21)9-22-16-19-17-10-20(16)14-8-6-5-7-12(14)3/h5-8,10-11,13H,9H2,1-4H3,(H,18,21). The SMILES string of the molecule is Cc1ccccc1-n1cnnc1SCC(=O)NC(C)C(C)C. The molecule has 0 saturated heterocycles. The molecule has 118 valence electrons. The van der Waals surface area contributed by atoms with Crippen LogP contribution in [0.1, 0.15) is 26.3 Å². The Kier molecular flexibility index (Phi) is 5.60. The van der Waals surface area contributed by atoms with Gasteiger partial charge >= 0.3 is 0 Å². The van der Waals surface area contributed by atoms with Crippen LogP contribution in [0.2, 0.25) is 0 Å². The first-order valence-corrected chi connectivity index (χ1v) is 8.35. The van der Waals surface area contributed by atoms with E-state index in [1.165, 1.54) is 11.8 Å². The van der Waals surface area contributed by atoms with E-state index in [2.05, 4.69) is 29.4 Å². The number of amides is 1. The lowest BCUT2D eigenvalue weighted by Gasteiger charge is -2.17. The fourth-order valence-corrected chi connectivity index (χ4v) is 2.65. The highest BCUT2D eigenvalue weighted by Gasteiger charge is 2.14. The Bertz CT molecular complexity index is 639. The summed E-state index contributed by atoms with van der Waals surface area (Å²) in [5.41, 5.74) is 2.17. The van der Waals surface area contributed by atoms with Gasteiger partial charge in [-0.1, -0.05) is 43.8 Å². The Morgan fingerprint density at radius 1 is 1.32 bits per heavy atom. The molecule has 1 N–H and O–H groups in total. The lowest BCUT2D eigenvalue weighted by atomic mass is 10.1. The number of hydrogen-bond acceptors (Lipinski definition) is 4. The summed E-state index contributed by atoms with van der Waals surface area (Å²) in [4.78, 5) is 12.0. The lowest BCUT2D eigenvalue weighted by molar-refractivity contribution is -0.119. The van der Waals surface area contributed by atoms with Crippen molar-refractivity contribution in [3.05, 3.63) is 36.2 Å². The third kappa shape index (κ3) is 4.10. The number of thioether (sulfide) groups is 1. The number of para-hydroxylation sites is 1. The predicted molar refractivity (Wildman–Crippen MR) is 89.3 cm³/mol. The van der Waals surface area contributed by atoms with Crippen molar-refractivity contribution in [2.75, 3.05) is 5.75 Å². The average molecular weight is 318 g/mol. The van der Waals surface area contributed by atoms with Crippen molar-refractivity contribution in [3.8, 4) is 5.69 Å². The summed E-state index contributed by atoms with van der Waals surface area (Å²) in [6.45, 7) is 8.24. The lowest BCUT2D eigenvalue weighted by Crippen LogP contribution is -2.37. The van der Waals surface area contributed by atoms with Crippen LogP contribution in [-0.4, -0.2) is 32.5 Å². The molecule has 0 bridgehead atoms. The van der Waals surface area contributed by atoms with Crippen LogP contribution in [0, 0.1) is 12.8 Å². The summed E-state index contributed by atoms with van der Waals surface area (Å²) in [5, 5.41) is 11.8. The van der Waals surface area contributed by atoms with Gasteiger partial charge in [0, 0.05) is 6.04 Å². The van der Waals surface area contributed by atoms with E-state index in [1.807, 2.05) is 42.7 Å². The van der Waals surface area contributed by atoms with Gasteiger partial charge in [-0.15, -0.1) is 10.2 Å². The first-order valence-electron chi connectivity index (χ1n) is 7.37. The van der Waals surface area contributed by atoms with Gasteiger partial charge in [0.2, 0.25) is 5.91 Å². The van der Waals surface area contributed by atoms with Crippen LogP contribution in [0.3, 0.4) is 0 Å². The van der Waals surface area contributed by atoms with E-state index in [0.717, 1.165) is 16.4 Å². The number of carbonyl (C=O) groups is 1. The molecule has 0 saturated carbocycles. The van der Waals surface area contributed by atoms with Gasteiger partial charge in [-0.25, -0.2) is 0 Å². The van der Waals surface area contributed by atoms with E-state index in [4.69, 9.17) is 0 Å². The number of nitrogens with one attached hydrogen (secondary N) is 1. The molecule has 0 fully saturated rings. The number of rotatable bonds is 6. The maximum Gasteiger partial charge on any atom is 0.230 e. The van der Waals surface area contributed by atoms with Gasteiger partial charge in [-0.3, -0.25) is 9.36 Å². The maximum atomic E-state index is 12.0. The number of carbonyl (C=O) groups excluding carboxylic acids is 1. The minimum absolute atomic E-state index is 0.0190. The quantitative estimate of drug-likeness (QED) is 0.832. The van der Waals surface area contributed by atoms with Crippen molar-refractivity contribution in [1.29, 1.82) is 0 Å². The monoisotopic (exact) mass is 318 g/mol. The molecule has 1 atom stereocenters. The zero-order valence-corrected chi connectivity index (χ0v) is 14.2. The van der Waals surface area contributed by atoms with Crippen molar-refractivity contribution in [2.24, 2.45) is 5.92 Å². The fraction of sp³-hybridized carbons (Fsp3) is 0.438. The minimum atomic E-state index is 0.0190. The number of nitrogens with zero attached hydrogens (tertiary/aromatic N) is 3. The van der Waals surface area contributed by atoms with E-state index in [1.54, 1.807) is 6.33 Å². The zero-order valence-electron chi connectivity index (χ0n) is 13.4. The fourth-order valence-electron chi connectivity index (χ4n) is 1.91. The van der Waals surface area contributed by atoms with Crippen molar-refractivity contribution in [1.82, 2.24) is 20.1 Å². The number of hydrogen-bond donors (Lipinski definition) is 1. The van der Waals surface area contributed by atoms with Crippen LogP contribution in [0.15, 0.2) is 35.7 Å². The molecule has 0 aliphatic rings. The van der Waals surface area contributed by atoms with Crippen LogP contribution in [0.5, 0.6) is 0 Å². The first kappa shape index (κ1) is 16.5. The summed E-state index contributed by atoms with van der Waals surface area (Å²) in [6, 6.07) is 8.21. The number of benzene rings is 1. The van der Waals surface area contributed by atoms with E-state index in [9.17, 15) is 4.79 Å². The summed E-state index contributed by atoms with van der Waals surface area (Å²) in [5.74, 6) is 0.775. The average Bonchev–Trinajstić information content (AvgIpc) is 2.93. The Labute approximate surface area is 135 Å². The minimum Gasteiger partial charge on any atom is -0.353 e. The van der Waals surface area contributed by atoms with Gasteiger partial charge in [0.1, 0.15) is 6.33 Å². The Hall–Kier alpha value is -1.82. The molecule has 2 aromatic rings. The molecule has 5 nitrogen and oxygen atoms in total. The molecule has 1 amide bonds. The highest BCUT2D eigenvalue weighted by molar-refractivity contribution is 7.99. The van der Waals surface area contributed by atoms with Gasteiger partial charge in [0.15, 0.2) is 5.16 Å². The second kappa shape index (κ2) is 7.45. The molecule has 6 heteroatoms. The van der Waals surface area contributed by atoms with Crippen molar-refractivity contribution >= 4 is 17.7 Å². The topological polar surface area (TPSA) is 59.8 Å². The van der Waals surface area contributed by atoms with Crippen LogP contribution in [0.4, 0.5) is 0 Å². The third-order valence-corrected chi connectivity index (χ3v) is 4.56. The highest BCUT2D eigenvalue weighted by Crippen LogP contribution is 2.21. The Morgan fingerprint density at radius 3 is 2.73 bits per heavy atom. The summed E-state index contributed by atoms with van der Waals surface area (Å²) in [7, 11) is 0. The number of aryl methyl sites for hydroxylation is 1. The molecule has 0 aliphatic carbocycles.